The Hall–Kier alpha value is -1.67. The van der Waals surface area contributed by atoms with E-state index < -0.39 is 12.1 Å². The number of urea groups is 1. The Labute approximate surface area is 154 Å². The van der Waals surface area contributed by atoms with E-state index in [1.165, 1.54) is 0 Å². The summed E-state index contributed by atoms with van der Waals surface area (Å²) in [6, 6.07) is -1.40. The Morgan fingerprint density at radius 3 is 2.58 bits per heavy atom. The molecule has 0 saturated carbocycles. The van der Waals surface area contributed by atoms with Crippen molar-refractivity contribution in [1.82, 2.24) is 15.1 Å². The molecule has 0 aromatic heterocycles. The summed E-state index contributed by atoms with van der Waals surface area (Å²) in [5, 5.41) is 2.90. The molecule has 0 aromatic carbocycles. The summed E-state index contributed by atoms with van der Waals surface area (Å²) in [5.74, 6) is -0.234. The average Bonchev–Trinajstić information content (AvgIpc) is 3.16. The van der Waals surface area contributed by atoms with E-state index in [2.05, 4.69) is 5.32 Å². The number of amides is 3. The largest absolute Gasteiger partial charge is 0.378 e. The number of Topliss-reactive ketones (excluding diaryl/α,β-unsaturated/α-hetero) is 1. The zero-order valence-corrected chi connectivity index (χ0v) is 15.8. The summed E-state index contributed by atoms with van der Waals surface area (Å²) < 4.78 is 10.7. The van der Waals surface area contributed by atoms with Crippen molar-refractivity contribution in [3.05, 3.63) is 0 Å². The molecule has 0 radical (unpaired) electrons. The lowest BCUT2D eigenvalue weighted by molar-refractivity contribution is -0.138. The van der Waals surface area contributed by atoms with Crippen molar-refractivity contribution in [2.45, 2.75) is 51.8 Å². The van der Waals surface area contributed by atoms with E-state index in [1.54, 1.807) is 9.80 Å². The van der Waals surface area contributed by atoms with Gasteiger partial charge in [0.25, 0.3) is 0 Å². The minimum absolute atomic E-state index is 0.0464. The number of fused-ring (bicyclic) bond motifs is 1. The number of ether oxygens (including phenoxy) is 2. The van der Waals surface area contributed by atoms with E-state index in [4.69, 9.17) is 9.47 Å². The molecule has 3 fully saturated rings. The summed E-state index contributed by atoms with van der Waals surface area (Å²) in [4.78, 5) is 41.2. The van der Waals surface area contributed by atoms with Gasteiger partial charge in [-0.15, -0.1) is 0 Å². The summed E-state index contributed by atoms with van der Waals surface area (Å²) in [7, 11) is 0. The first-order chi connectivity index (χ1) is 12.3. The molecular formula is C18H29N3O5. The van der Waals surface area contributed by atoms with Crippen LogP contribution in [-0.2, 0) is 19.1 Å². The third kappa shape index (κ3) is 4.17. The second kappa shape index (κ2) is 7.52. The smallest absolute Gasteiger partial charge is 0.318 e. The van der Waals surface area contributed by atoms with Gasteiger partial charge in [0.15, 0.2) is 5.78 Å². The van der Waals surface area contributed by atoms with Crippen molar-refractivity contribution in [1.29, 1.82) is 0 Å². The van der Waals surface area contributed by atoms with Gasteiger partial charge in [-0.3, -0.25) is 9.59 Å². The molecule has 3 unspecified atom stereocenters. The van der Waals surface area contributed by atoms with Crippen LogP contribution in [-0.4, -0.2) is 85.2 Å². The number of hydrogen-bond donors (Lipinski definition) is 1. The SMILES string of the molecule is CC(C)(C)CC(NC(=O)N1CCOCC1)C(=O)N1CCC2OCC(=O)C21. The quantitative estimate of drug-likeness (QED) is 0.780. The van der Waals surface area contributed by atoms with Crippen LogP contribution >= 0.6 is 0 Å². The average molecular weight is 367 g/mol. The number of ketones is 1. The lowest BCUT2D eigenvalue weighted by Gasteiger charge is -2.33. The predicted molar refractivity (Wildman–Crippen MR) is 93.6 cm³/mol. The Balaban J connectivity index is 1.71. The number of nitrogens with zero attached hydrogens (tertiary/aromatic N) is 2. The second-order valence-electron chi connectivity index (χ2n) is 8.45. The topological polar surface area (TPSA) is 88.2 Å². The number of rotatable bonds is 3. The van der Waals surface area contributed by atoms with Crippen LogP contribution in [0.4, 0.5) is 4.79 Å². The maximum absolute atomic E-state index is 13.2. The Morgan fingerprint density at radius 2 is 1.92 bits per heavy atom. The predicted octanol–water partition coefficient (Wildman–Crippen LogP) is 0.402. The molecule has 146 valence electrons. The van der Waals surface area contributed by atoms with Crippen molar-refractivity contribution >= 4 is 17.7 Å². The first kappa shape index (κ1) is 19.1. The lowest BCUT2D eigenvalue weighted by atomic mass is 9.87. The van der Waals surface area contributed by atoms with E-state index in [0.717, 1.165) is 0 Å². The number of carbonyl (C=O) groups is 3. The summed E-state index contributed by atoms with van der Waals surface area (Å²) in [6.07, 6.45) is 0.976. The van der Waals surface area contributed by atoms with Gasteiger partial charge >= 0.3 is 6.03 Å². The maximum Gasteiger partial charge on any atom is 0.318 e. The zero-order valence-electron chi connectivity index (χ0n) is 15.8. The minimum Gasteiger partial charge on any atom is -0.378 e. The highest BCUT2D eigenvalue weighted by Gasteiger charge is 2.48. The van der Waals surface area contributed by atoms with Gasteiger partial charge in [-0.1, -0.05) is 20.8 Å². The van der Waals surface area contributed by atoms with Gasteiger partial charge in [0.05, 0.1) is 19.3 Å². The molecular weight excluding hydrogens is 338 g/mol. The van der Waals surface area contributed by atoms with Crippen molar-refractivity contribution in [2.75, 3.05) is 39.5 Å². The molecule has 3 aliphatic heterocycles. The lowest BCUT2D eigenvalue weighted by Crippen LogP contribution is -2.56. The highest BCUT2D eigenvalue weighted by Crippen LogP contribution is 2.29. The van der Waals surface area contributed by atoms with Crippen LogP contribution in [0.2, 0.25) is 0 Å². The molecule has 3 atom stereocenters. The fourth-order valence-electron chi connectivity index (χ4n) is 3.86. The van der Waals surface area contributed by atoms with Crippen LogP contribution in [0.5, 0.6) is 0 Å². The zero-order chi connectivity index (χ0) is 18.9. The van der Waals surface area contributed by atoms with E-state index in [0.29, 0.717) is 45.7 Å². The third-order valence-corrected chi connectivity index (χ3v) is 5.11. The Kier molecular flexibility index (Phi) is 5.53. The highest BCUT2D eigenvalue weighted by atomic mass is 16.5. The first-order valence-corrected chi connectivity index (χ1v) is 9.34. The molecule has 8 heteroatoms. The van der Waals surface area contributed by atoms with Crippen LogP contribution in [0.3, 0.4) is 0 Å². The summed E-state index contributed by atoms with van der Waals surface area (Å²) in [5.41, 5.74) is -0.145. The number of likely N-dealkylation sites (tertiary alicyclic amines) is 1. The second-order valence-corrected chi connectivity index (χ2v) is 8.45. The van der Waals surface area contributed by atoms with Gasteiger partial charge in [0, 0.05) is 19.6 Å². The molecule has 3 heterocycles. The Bertz CT molecular complexity index is 568. The molecule has 26 heavy (non-hydrogen) atoms. The molecule has 0 bridgehead atoms. The van der Waals surface area contributed by atoms with Gasteiger partial charge < -0.3 is 24.6 Å². The third-order valence-electron chi connectivity index (χ3n) is 5.11. The van der Waals surface area contributed by atoms with Crippen LogP contribution < -0.4 is 5.32 Å². The fourth-order valence-corrected chi connectivity index (χ4v) is 3.86. The van der Waals surface area contributed by atoms with Crippen molar-refractivity contribution in [3.8, 4) is 0 Å². The van der Waals surface area contributed by atoms with Gasteiger partial charge in [-0.05, 0) is 18.3 Å². The van der Waals surface area contributed by atoms with E-state index in [-0.39, 0.29) is 35.8 Å². The van der Waals surface area contributed by atoms with Crippen LogP contribution in [0.25, 0.3) is 0 Å². The number of hydrogen-bond acceptors (Lipinski definition) is 5. The summed E-state index contributed by atoms with van der Waals surface area (Å²) >= 11 is 0. The van der Waals surface area contributed by atoms with E-state index >= 15 is 0 Å². The van der Waals surface area contributed by atoms with E-state index in [9.17, 15) is 14.4 Å². The highest BCUT2D eigenvalue weighted by molar-refractivity contribution is 5.95. The summed E-state index contributed by atoms with van der Waals surface area (Å²) in [6.45, 7) is 8.71. The number of morpholine rings is 1. The van der Waals surface area contributed by atoms with E-state index in [1.807, 2.05) is 20.8 Å². The fraction of sp³-hybridized carbons (Fsp3) is 0.833. The molecule has 3 amide bonds. The maximum atomic E-state index is 13.2. The van der Waals surface area contributed by atoms with Crippen LogP contribution in [0.1, 0.15) is 33.6 Å². The molecule has 0 aromatic rings. The van der Waals surface area contributed by atoms with Crippen molar-refractivity contribution < 1.29 is 23.9 Å². The van der Waals surface area contributed by atoms with Crippen molar-refractivity contribution in [3.63, 3.8) is 0 Å². The van der Waals surface area contributed by atoms with Crippen molar-refractivity contribution in [2.24, 2.45) is 5.41 Å². The van der Waals surface area contributed by atoms with Gasteiger partial charge in [0.2, 0.25) is 5.91 Å². The van der Waals surface area contributed by atoms with Gasteiger partial charge in [-0.2, -0.15) is 0 Å². The monoisotopic (exact) mass is 367 g/mol. The Morgan fingerprint density at radius 1 is 1.23 bits per heavy atom. The molecule has 3 rings (SSSR count). The van der Waals surface area contributed by atoms with Gasteiger partial charge in [0.1, 0.15) is 18.7 Å². The minimum atomic E-state index is -0.655. The molecule has 3 saturated heterocycles. The first-order valence-electron chi connectivity index (χ1n) is 9.34. The molecule has 1 N–H and O–H groups in total. The van der Waals surface area contributed by atoms with Gasteiger partial charge in [-0.25, -0.2) is 4.79 Å². The number of nitrogens with one attached hydrogen (secondary N) is 1. The van der Waals surface area contributed by atoms with Crippen LogP contribution in [0.15, 0.2) is 0 Å². The molecule has 0 spiro atoms. The standard InChI is InChI=1S/C18H29N3O5/c1-18(2,3)10-12(19-17(24)20-6-8-25-9-7-20)16(23)21-5-4-14-15(21)13(22)11-26-14/h12,14-15H,4-11H2,1-3H3,(H,19,24). The molecule has 8 nitrogen and oxygen atoms in total. The van der Waals surface area contributed by atoms with Crippen LogP contribution in [0, 0.1) is 5.41 Å². The number of carbonyl (C=O) groups excluding carboxylic acids is 3. The normalized spacial score (nSPS) is 27.4. The molecule has 3 aliphatic rings. The molecule has 0 aliphatic carbocycles.